The van der Waals surface area contributed by atoms with Gasteiger partial charge in [0.1, 0.15) is 0 Å². The van der Waals surface area contributed by atoms with Crippen molar-refractivity contribution < 1.29 is 14.6 Å². The molecule has 1 saturated heterocycles. The van der Waals surface area contributed by atoms with Crippen molar-refractivity contribution >= 4 is 5.91 Å². The summed E-state index contributed by atoms with van der Waals surface area (Å²) < 4.78 is 5.41. The lowest BCUT2D eigenvalue weighted by atomic mass is 9.73. The second kappa shape index (κ2) is 12.1. The Hall–Kier alpha value is -0.690. The average molecular weight is 398 g/mol. The van der Waals surface area contributed by atoms with E-state index in [1.54, 1.807) is 0 Å². The number of rotatable bonds is 11. The lowest BCUT2D eigenvalue weighted by Crippen LogP contribution is -2.48. The van der Waals surface area contributed by atoms with Crippen LogP contribution in [-0.2, 0) is 9.53 Å². The Kier molecular flexibility index (Phi) is 10.2. The summed E-state index contributed by atoms with van der Waals surface area (Å²) in [5.74, 6) is -0.106. The summed E-state index contributed by atoms with van der Waals surface area (Å²) in [4.78, 5) is 14.6. The topological polar surface area (TPSA) is 102 Å². The average Bonchev–Trinajstić information content (AvgIpc) is 2.67. The first-order valence-electron chi connectivity index (χ1n) is 11.4. The van der Waals surface area contributed by atoms with Crippen LogP contribution in [0.1, 0.15) is 65.2 Å². The van der Waals surface area contributed by atoms with Gasteiger partial charge in [-0.3, -0.25) is 9.69 Å². The van der Waals surface area contributed by atoms with Crippen molar-refractivity contribution in [2.24, 2.45) is 35.1 Å². The van der Waals surface area contributed by atoms with Crippen LogP contribution in [0.3, 0.4) is 0 Å². The van der Waals surface area contributed by atoms with E-state index in [0.29, 0.717) is 5.92 Å². The Morgan fingerprint density at radius 3 is 2.39 bits per heavy atom. The third-order valence-electron chi connectivity index (χ3n) is 6.83. The number of amides is 1. The van der Waals surface area contributed by atoms with Crippen LogP contribution in [0.5, 0.6) is 0 Å². The molecule has 0 aromatic rings. The van der Waals surface area contributed by atoms with E-state index in [9.17, 15) is 9.90 Å². The Labute approximate surface area is 171 Å². The highest BCUT2D eigenvalue weighted by molar-refractivity contribution is 5.77. The molecule has 2 rings (SSSR count). The molecule has 28 heavy (non-hydrogen) atoms. The summed E-state index contributed by atoms with van der Waals surface area (Å²) in [5.41, 5.74) is 12.2. The molecule has 2 aliphatic rings. The Bertz CT molecular complexity index is 448. The van der Waals surface area contributed by atoms with E-state index in [4.69, 9.17) is 16.2 Å². The lowest BCUT2D eigenvalue weighted by Gasteiger charge is -2.36. The number of ether oxygens (including phenoxy) is 1. The molecular weight excluding hydrogens is 354 g/mol. The fraction of sp³-hybridized carbons (Fsp3) is 0.955. The molecule has 0 aromatic carbocycles. The highest BCUT2D eigenvalue weighted by Crippen LogP contribution is 2.33. The minimum atomic E-state index is -0.675. The van der Waals surface area contributed by atoms with Crippen LogP contribution in [-0.4, -0.2) is 60.9 Å². The fourth-order valence-electron chi connectivity index (χ4n) is 5.24. The maximum atomic E-state index is 12.2. The molecule has 1 unspecified atom stereocenters. The molecule has 0 spiro atoms. The van der Waals surface area contributed by atoms with Gasteiger partial charge in [0.15, 0.2) is 0 Å². The molecule has 0 bridgehead atoms. The van der Waals surface area contributed by atoms with Crippen LogP contribution in [0.15, 0.2) is 0 Å². The van der Waals surface area contributed by atoms with Gasteiger partial charge in [-0.1, -0.05) is 46.0 Å². The van der Waals surface area contributed by atoms with Crippen LogP contribution in [0.25, 0.3) is 0 Å². The van der Waals surface area contributed by atoms with Crippen molar-refractivity contribution in [2.45, 2.75) is 77.4 Å². The molecule has 1 heterocycles. The molecule has 1 aliphatic heterocycles. The number of hydrogen-bond donors (Lipinski definition) is 3. The van der Waals surface area contributed by atoms with Gasteiger partial charge in [-0.2, -0.15) is 0 Å². The van der Waals surface area contributed by atoms with Gasteiger partial charge in [-0.05, 0) is 43.6 Å². The largest absolute Gasteiger partial charge is 0.391 e. The van der Waals surface area contributed by atoms with Gasteiger partial charge in [0, 0.05) is 25.0 Å². The summed E-state index contributed by atoms with van der Waals surface area (Å²) in [7, 11) is 0. The highest BCUT2D eigenvalue weighted by atomic mass is 16.5. The Morgan fingerprint density at radius 2 is 1.82 bits per heavy atom. The van der Waals surface area contributed by atoms with E-state index in [0.717, 1.165) is 52.1 Å². The summed E-state index contributed by atoms with van der Waals surface area (Å²) in [6.45, 7) is 8.49. The molecule has 164 valence electrons. The quantitative estimate of drug-likeness (QED) is 0.496. The van der Waals surface area contributed by atoms with Crippen molar-refractivity contribution in [2.75, 3.05) is 32.8 Å². The van der Waals surface area contributed by atoms with Crippen LogP contribution < -0.4 is 11.5 Å². The van der Waals surface area contributed by atoms with Gasteiger partial charge in [-0.15, -0.1) is 0 Å². The third-order valence-corrected chi connectivity index (χ3v) is 6.83. The van der Waals surface area contributed by atoms with Gasteiger partial charge in [0.25, 0.3) is 0 Å². The predicted molar refractivity (Wildman–Crippen MR) is 113 cm³/mol. The normalized spacial score (nSPS) is 24.0. The molecule has 1 saturated carbocycles. The molecular formula is C22H43N3O3. The second-order valence-electron chi connectivity index (χ2n) is 9.33. The van der Waals surface area contributed by atoms with Crippen molar-refractivity contribution in [1.82, 2.24) is 4.90 Å². The first kappa shape index (κ1) is 23.6. The first-order chi connectivity index (χ1) is 13.4. The number of nitrogens with two attached hydrogens (primary N) is 2. The predicted octanol–water partition coefficient (Wildman–Crippen LogP) is 2.13. The van der Waals surface area contributed by atoms with E-state index in [1.165, 1.54) is 32.1 Å². The van der Waals surface area contributed by atoms with Crippen molar-refractivity contribution in [3.8, 4) is 0 Å². The second-order valence-corrected chi connectivity index (χ2v) is 9.33. The molecule has 4 atom stereocenters. The number of morpholine rings is 1. The van der Waals surface area contributed by atoms with Gasteiger partial charge in [-0.25, -0.2) is 0 Å². The summed E-state index contributed by atoms with van der Waals surface area (Å²) in [5, 5.41) is 11.1. The molecule has 2 fully saturated rings. The van der Waals surface area contributed by atoms with E-state index in [2.05, 4.69) is 4.90 Å². The number of aliphatic hydroxyl groups excluding tert-OH is 1. The fourth-order valence-corrected chi connectivity index (χ4v) is 5.24. The van der Waals surface area contributed by atoms with E-state index in [-0.39, 0.29) is 29.7 Å². The minimum absolute atomic E-state index is 0.0995. The van der Waals surface area contributed by atoms with Crippen LogP contribution in [0, 0.1) is 23.7 Å². The van der Waals surface area contributed by atoms with E-state index >= 15 is 0 Å². The Morgan fingerprint density at radius 1 is 1.18 bits per heavy atom. The smallest absolute Gasteiger partial charge is 0.221 e. The van der Waals surface area contributed by atoms with Gasteiger partial charge in [0.2, 0.25) is 5.91 Å². The molecule has 6 nitrogen and oxygen atoms in total. The summed E-state index contributed by atoms with van der Waals surface area (Å²) in [6, 6.07) is -0.280. The number of aliphatic hydroxyl groups is 1. The molecule has 0 aromatic heterocycles. The zero-order valence-corrected chi connectivity index (χ0v) is 18.0. The number of hydrogen-bond acceptors (Lipinski definition) is 5. The SMILES string of the molecule is CC(C)[C@H](C(N)=O)C(CCCN1CCOCC1)[C@H](O)[C@@H](N)CC1CCCCC1. The highest BCUT2D eigenvalue weighted by Gasteiger charge is 2.37. The maximum absolute atomic E-state index is 12.2. The molecule has 6 heteroatoms. The van der Waals surface area contributed by atoms with Gasteiger partial charge < -0.3 is 21.3 Å². The number of carbonyl (C=O) groups excluding carboxylic acids is 1. The van der Waals surface area contributed by atoms with Crippen molar-refractivity contribution in [3.05, 3.63) is 0 Å². The van der Waals surface area contributed by atoms with E-state index < -0.39 is 6.10 Å². The zero-order valence-electron chi connectivity index (χ0n) is 18.0. The monoisotopic (exact) mass is 397 g/mol. The lowest BCUT2D eigenvalue weighted by molar-refractivity contribution is -0.127. The molecule has 1 aliphatic carbocycles. The van der Waals surface area contributed by atoms with E-state index in [1.807, 2.05) is 13.8 Å². The number of carbonyl (C=O) groups is 1. The number of nitrogens with zero attached hydrogens (tertiary/aromatic N) is 1. The van der Waals surface area contributed by atoms with Gasteiger partial charge in [0.05, 0.1) is 19.3 Å². The summed E-state index contributed by atoms with van der Waals surface area (Å²) >= 11 is 0. The van der Waals surface area contributed by atoms with Crippen molar-refractivity contribution in [3.63, 3.8) is 0 Å². The van der Waals surface area contributed by atoms with Gasteiger partial charge >= 0.3 is 0 Å². The summed E-state index contributed by atoms with van der Waals surface area (Å²) in [6.07, 6.45) is 8.18. The molecule has 0 radical (unpaired) electrons. The van der Waals surface area contributed by atoms with Crippen LogP contribution in [0.4, 0.5) is 0 Å². The van der Waals surface area contributed by atoms with Crippen LogP contribution in [0.2, 0.25) is 0 Å². The number of primary amides is 1. The first-order valence-corrected chi connectivity index (χ1v) is 11.4. The molecule has 1 amide bonds. The van der Waals surface area contributed by atoms with Crippen molar-refractivity contribution in [1.29, 1.82) is 0 Å². The maximum Gasteiger partial charge on any atom is 0.221 e. The zero-order chi connectivity index (χ0) is 20.5. The van der Waals surface area contributed by atoms with Crippen LogP contribution >= 0.6 is 0 Å². The molecule has 5 N–H and O–H groups in total. The minimum Gasteiger partial charge on any atom is -0.391 e. The Balaban J connectivity index is 1.97. The third kappa shape index (κ3) is 7.29. The standard InChI is InChI=1S/C22H43N3O3/c1-16(2)20(22(24)27)18(9-6-10-25-11-13-28-14-12-25)21(26)19(23)15-17-7-4-3-5-8-17/h16-21,26H,3-15,23H2,1-2H3,(H2,24,27)/t18?,19-,20-,21-/m0/s1.